The fraction of sp³-hybridized carbons (Fsp3) is 0.0526. The lowest BCUT2D eigenvalue weighted by Crippen LogP contribution is -2.07. The summed E-state index contributed by atoms with van der Waals surface area (Å²) in [5.41, 5.74) is 8.24. The summed E-state index contributed by atoms with van der Waals surface area (Å²) in [6.45, 7) is 0. The molecule has 0 saturated carbocycles. The number of hydrogen-bond donors (Lipinski definition) is 2. The molecule has 0 aliphatic heterocycles. The third kappa shape index (κ3) is 3.20. The maximum absolute atomic E-state index is 12.7. The number of nitrogens with one attached hydrogen (secondary N) is 1. The largest absolute Gasteiger partial charge is 0.481 e. The average Bonchev–Trinajstić information content (AvgIpc) is 2.64. The highest BCUT2D eigenvalue weighted by atomic mass is 16.5. The van der Waals surface area contributed by atoms with E-state index in [0.29, 0.717) is 34.2 Å². The van der Waals surface area contributed by atoms with E-state index < -0.39 is 0 Å². The third-order valence-electron chi connectivity index (χ3n) is 3.57. The Labute approximate surface area is 140 Å². The second-order valence-corrected chi connectivity index (χ2v) is 5.16. The number of aromatic nitrogens is 1. The highest BCUT2D eigenvalue weighted by Gasteiger charge is 2.14. The standard InChI is InChI=1S/C19H17N3O2/c1-24-17-12-11-15(20)19(22-17)21-16-10-6-5-9-14(16)18(23)13-7-3-2-4-8-13/h2-12H,20H2,1H3,(H,21,22). The van der Waals surface area contributed by atoms with Gasteiger partial charge in [-0.2, -0.15) is 4.98 Å². The van der Waals surface area contributed by atoms with Gasteiger partial charge in [0, 0.05) is 17.2 Å². The number of methoxy groups -OCH3 is 1. The van der Waals surface area contributed by atoms with Crippen LogP contribution in [0.2, 0.25) is 0 Å². The van der Waals surface area contributed by atoms with Crippen LogP contribution in [0, 0.1) is 0 Å². The lowest BCUT2D eigenvalue weighted by Gasteiger charge is -2.13. The molecule has 120 valence electrons. The Hall–Kier alpha value is -3.34. The molecule has 0 saturated heterocycles. The third-order valence-corrected chi connectivity index (χ3v) is 3.57. The molecule has 0 aliphatic rings. The van der Waals surface area contributed by atoms with Crippen molar-refractivity contribution >= 4 is 23.0 Å². The number of nitrogens with two attached hydrogens (primary N) is 1. The molecule has 3 N–H and O–H groups in total. The topological polar surface area (TPSA) is 77.2 Å². The molecule has 3 rings (SSSR count). The van der Waals surface area contributed by atoms with Crippen LogP contribution in [0.25, 0.3) is 0 Å². The van der Waals surface area contributed by atoms with Crippen molar-refractivity contribution in [2.24, 2.45) is 0 Å². The molecule has 0 spiro atoms. The molecule has 1 aromatic heterocycles. The van der Waals surface area contributed by atoms with Gasteiger partial charge >= 0.3 is 0 Å². The molecule has 5 heteroatoms. The molecule has 0 aliphatic carbocycles. The lowest BCUT2D eigenvalue weighted by atomic mass is 10.0. The number of pyridine rings is 1. The molecule has 0 amide bonds. The second-order valence-electron chi connectivity index (χ2n) is 5.16. The van der Waals surface area contributed by atoms with Crippen molar-refractivity contribution in [1.82, 2.24) is 4.98 Å². The molecule has 24 heavy (non-hydrogen) atoms. The molecule has 3 aromatic rings. The highest BCUT2D eigenvalue weighted by molar-refractivity contribution is 6.12. The van der Waals surface area contributed by atoms with Gasteiger partial charge in [0.25, 0.3) is 0 Å². The molecule has 0 unspecified atom stereocenters. The zero-order valence-corrected chi connectivity index (χ0v) is 13.2. The molecule has 0 bridgehead atoms. The number of hydrogen-bond acceptors (Lipinski definition) is 5. The van der Waals surface area contributed by atoms with Gasteiger partial charge in [0.2, 0.25) is 5.88 Å². The fourth-order valence-electron chi connectivity index (χ4n) is 2.33. The first-order chi connectivity index (χ1) is 11.7. The van der Waals surface area contributed by atoms with E-state index in [1.807, 2.05) is 36.4 Å². The molecular formula is C19H17N3O2. The summed E-state index contributed by atoms with van der Waals surface area (Å²) < 4.78 is 5.12. The fourth-order valence-corrected chi connectivity index (χ4v) is 2.33. The number of carbonyl (C=O) groups is 1. The van der Waals surface area contributed by atoms with Crippen molar-refractivity contribution in [2.45, 2.75) is 0 Å². The number of ketones is 1. The van der Waals surface area contributed by atoms with Gasteiger partial charge in [-0.3, -0.25) is 4.79 Å². The van der Waals surface area contributed by atoms with Gasteiger partial charge in [0.05, 0.1) is 18.5 Å². The van der Waals surface area contributed by atoms with Gasteiger partial charge in [-0.25, -0.2) is 0 Å². The minimum Gasteiger partial charge on any atom is -0.481 e. The number of nitrogen functional groups attached to an aromatic ring is 1. The van der Waals surface area contributed by atoms with Crippen molar-refractivity contribution in [2.75, 3.05) is 18.2 Å². The van der Waals surface area contributed by atoms with E-state index in [2.05, 4.69) is 10.3 Å². The van der Waals surface area contributed by atoms with Crippen molar-refractivity contribution in [3.05, 3.63) is 77.9 Å². The van der Waals surface area contributed by atoms with Crippen LogP contribution in [0.1, 0.15) is 15.9 Å². The first-order valence-electron chi connectivity index (χ1n) is 7.45. The van der Waals surface area contributed by atoms with Gasteiger partial charge in [0.15, 0.2) is 11.6 Å². The summed E-state index contributed by atoms with van der Waals surface area (Å²) in [4.78, 5) is 17.0. The van der Waals surface area contributed by atoms with Crippen LogP contribution in [0.5, 0.6) is 5.88 Å². The summed E-state index contributed by atoms with van der Waals surface area (Å²) in [5, 5.41) is 3.13. The summed E-state index contributed by atoms with van der Waals surface area (Å²) in [7, 11) is 1.54. The molecule has 1 heterocycles. The Balaban J connectivity index is 1.97. The van der Waals surface area contributed by atoms with Crippen LogP contribution in [-0.4, -0.2) is 17.9 Å². The van der Waals surface area contributed by atoms with Crippen molar-refractivity contribution < 1.29 is 9.53 Å². The van der Waals surface area contributed by atoms with E-state index in [-0.39, 0.29) is 5.78 Å². The van der Waals surface area contributed by atoms with E-state index >= 15 is 0 Å². The monoisotopic (exact) mass is 319 g/mol. The first-order valence-corrected chi connectivity index (χ1v) is 7.45. The van der Waals surface area contributed by atoms with Crippen molar-refractivity contribution in [1.29, 1.82) is 0 Å². The molecule has 0 radical (unpaired) electrons. The molecule has 2 aromatic carbocycles. The molecular weight excluding hydrogens is 302 g/mol. The Morgan fingerprint density at radius 2 is 1.71 bits per heavy atom. The van der Waals surface area contributed by atoms with E-state index in [4.69, 9.17) is 10.5 Å². The number of benzene rings is 2. The lowest BCUT2D eigenvalue weighted by molar-refractivity contribution is 0.103. The van der Waals surface area contributed by atoms with Crippen LogP contribution in [0.15, 0.2) is 66.7 Å². The minimum atomic E-state index is -0.0693. The normalized spacial score (nSPS) is 10.2. The van der Waals surface area contributed by atoms with Gasteiger partial charge < -0.3 is 15.8 Å². The molecule has 0 fully saturated rings. The summed E-state index contributed by atoms with van der Waals surface area (Å²) in [5.74, 6) is 0.821. The van der Waals surface area contributed by atoms with Crippen LogP contribution in [-0.2, 0) is 0 Å². The number of ether oxygens (including phenoxy) is 1. The maximum Gasteiger partial charge on any atom is 0.215 e. The number of rotatable bonds is 5. The first kappa shape index (κ1) is 15.6. The Morgan fingerprint density at radius 3 is 2.46 bits per heavy atom. The number of anilines is 3. The predicted octanol–water partition coefficient (Wildman–Crippen LogP) is 3.65. The van der Waals surface area contributed by atoms with Crippen LogP contribution < -0.4 is 15.8 Å². The maximum atomic E-state index is 12.7. The minimum absolute atomic E-state index is 0.0693. The molecule has 5 nitrogen and oxygen atoms in total. The van der Waals surface area contributed by atoms with Crippen LogP contribution >= 0.6 is 0 Å². The summed E-state index contributed by atoms with van der Waals surface area (Å²) in [6.07, 6.45) is 0. The highest BCUT2D eigenvalue weighted by Crippen LogP contribution is 2.27. The van der Waals surface area contributed by atoms with Gasteiger partial charge in [0.1, 0.15) is 0 Å². The van der Waals surface area contributed by atoms with Crippen molar-refractivity contribution in [3.63, 3.8) is 0 Å². The molecule has 0 atom stereocenters. The summed E-state index contributed by atoms with van der Waals surface area (Å²) >= 11 is 0. The number of carbonyl (C=O) groups excluding carboxylic acids is 1. The van der Waals surface area contributed by atoms with Crippen LogP contribution in [0.3, 0.4) is 0 Å². The average molecular weight is 319 g/mol. The second kappa shape index (κ2) is 6.83. The summed E-state index contributed by atoms with van der Waals surface area (Å²) in [6, 6.07) is 19.8. The zero-order chi connectivity index (χ0) is 16.9. The Morgan fingerprint density at radius 1 is 1.00 bits per heavy atom. The SMILES string of the molecule is COc1ccc(N)c(Nc2ccccc2C(=O)c2ccccc2)n1. The van der Waals surface area contributed by atoms with E-state index in [1.165, 1.54) is 7.11 Å². The zero-order valence-electron chi connectivity index (χ0n) is 13.2. The quantitative estimate of drug-likeness (QED) is 0.702. The van der Waals surface area contributed by atoms with Gasteiger partial charge in [-0.1, -0.05) is 42.5 Å². The number of para-hydroxylation sites is 1. The van der Waals surface area contributed by atoms with E-state index in [1.54, 1.807) is 30.3 Å². The number of nitrogens with zero attached hydrogens (tertiary/aromatic N) is 1. The van der Waals surface area contributed by atoms with Crippen molar-refractivity contribution in [3.8, 4) is 5.88 Å². The Bertz CT molecular complexity index is 863. The van der Waals surface area contributed by atoms with Crippen LogP contribution in [0.4, 0.5) is 17.2 Å². The Kier molecular flexibility index (Phi) is 4.43. The van der Waals surface area contributed by atoms with E-state index in [9.17, 15) is 4.79 Å². The van der Waals surface area contributed by atoms with E-state index in [0.717, 1.165) is 0 Å². The van der Waals surface area contributed by atoms with Gasteiger partial charge in [-0.05, 0) is 18.2 Å². The predicted molar refractivity (Wildman–Crippen MR) is 94.8 cm³/mol. The smallest absolute Gasteiger partial charge is 0.215 e. The van der Waals surface area contributed by atoms with Gasteiger partial charge in [-0.15, -0.1) is 0 Å².